The number of pyridine rings is 3. The zero-order valence-corrected chi connectivity index (χ0v) is 81.1. The van der Waals surface area contributed by atoms with Gasteiger partial charge in [-0.1, -0.05) is 334 Å². The van der Waals surface area contributed by atoms with Gasteiger partial charge >= 0.3 is 0 Å². The van der Waals surface area contributed by atoms with Crippen molar-refractivity contribution < 1.29 is 0 Å². The lowest BCUT2D eigenvalue weighted by atomic mass is 10.0. The Morgan fingerprint density at radius 1 is 0.127 bits per heavy atom. The molecule has 0 aliphatic carbocycles. The second-order valence-corrected chi connectivity index (χ2v) is 37.8. The summed E-state index contributed by atoms with van der Waals surface area (Å²) >= 11 is 0. The largest absolute Gasteiger partial charge is 0.309 e. The fraction of sp³-hybridized carbons (Fsp3) is 0. The van der Waals surface area contributed by atoms with Crippen LogP contribution in [0.15, 0.2) is 535 Å². The molecule has 0 aliphatic heterocycles. The number of benzene rings is 19. The SMILES string of the molecule is c1ccc(-c2cc(-c3ccccc3)nc(-n3c4ccccc4c4cc(-c5ccc6c(c5)c5ccncc5n6-c5ccccc5)ccc43)n2)cc1.c1ccc(-c2ccc(-n3c4ccccc4c4cc(-c5ccc6c(c5)c5ccncc5n6-c5ccc(-c6ccccc6)cc5)ccc43)cc2)cc1.c1ccc(-c2nc(-c3ccccc3)nc(-n3c4ccccc4c4cc(-c5ccc6c(c5)c5ccncc5n6-c5ccccc5)ccc43)n2)cc1. The van der Waals surface area contributed by atoms with Crippen molar-refractivity contribution in [1.29, 1.82) is 0 Å². The van der Waals surface area contributed by atoms with Gasteiger partial charge in [0.1, 0.15) is 0 Å². The first kappa shape index (κ1) is 87.3. The van der Waals surface area contributed by atoms with Gasteiger partial charge in [-0.05, 0) is 219 Å². The van der Waals surface area contributed by atoms with Crippen LogP contribution < -0.4 is 0 Å². The third kappa shape index (κ3) is 15.4. The van der Waals surface area contributed by atoms with Crippen LogP contribution >= 0.6 is 0 Å². The summed E-state index contributed by atoms with van der Waals surface area (Å²) in [6, 6.07) is 176. The summed E-state index contributed by atoms with van der Waals surface area (Å²) in [6.45, 7) is 0. The molecule has 0 bridgehead atoms. The number of hydrogen-bond donors (Lipinski definition) is 0. The van der Waals surface area contributed by atoms with E-state index in [4.69, 9.17) is 24.9 Å². The van der Waals surface area contributed by atoms with E-state index in [2.05, 4.69) is 461 Å². The smallest absolute Gasteiger partial charge is 0.238 e. The van der Waals surface area contributed by atoms with Crippen LogP contribution in [0.5, 0.6) is 0 Å². The molecule has 0 radical (unpaired) electrons. The summed E-state index contributed by atoms with van der Waals surface area (Å²) in [4.78, 5) is 38.9. The highest BCUT2D eigenvalue weighted by Crippen LogP contribution is 2.46. The van der Waals surface area contributed by atoms with E-state index >= 15 is 0 Å². The van der Waals surface area contributed by atoms with Gasteiger partial charge in [0.25, 0.3) is 0 Å². The molecule has 0 saturated heterocycles. The zero-order chi connectivity index (χ0) is 99.1. The minimum Gasteiger partial charge on any atom is -0.309 e. The molecule has 0 unspecified atom stereocenters. The van der Waals surface area contributed by atoms with Gasteiger partial charge in [-0.15, -0.1) is 0 Å². The molecular formula is C136H88N14. The van der Waals surface area contributed by atoms with Crippen LogP contribution in [0.25, 0.3) is 266 Å². The topological polar surface area (TPSA) is 133 Å². The first-order valence-electron chi connectivity index (χ1n) is 50.5. The molecular weight excluding hydrogens is 1830 g/mol. The maximum absolute atomic E-state index is 5.19. The molecule has 0 spiro atoms. The Kier molecular flexibility index (Phi) is 21.6. The van der Waals surface area contributed by atoms with Crippen molar-refractivity contribution in [2.45, 2.75) is 0 Å². The summed E-state index contributed by atoms with van der Waals surface area (Å²) in [7, 11) is 0. The van der Waals surface area contributed by atoms with Crippen molar-refractivity contribution in [3.05, 3.63) is 535 Å². The lowest BCUT2D eigenvalue weighted by Crippen LogP contribution is -2.06. The third-order valence-corrected chi connectivity index (χ3v) is 29.2. The minimum atomic E-state index is 0.584. The standard InChI is InChI=1S/C47H31N3.C45H29N5.C44H28N6/c1-3-9-32(10-4-1)34-15-21-38(22-16-34)49-44-14-8-7-13-40(44)42-29-36(19-25-45(42)49)37-20-26-46-43(30-37)41-27-28-48-31-47(41)50(46)39-23-17-35(18-24-39)33-11-5-2-6-12-33;1-4-12-30(13-5-1)39-28-40(31-14-6-2-7-15-31)48-45(47-39)50-41-19-11-10-18-35(41)37-26-33(21-23-43(37)50)32-20-22-42-38(27-32)36-24-25-46-29-44(36)49(42)34-16-8-3-9-17-34;1-4-12-29(13-5-1)42-46-43(30-14-6-2-7-15-30)48-44(47-42)50-38-19-11-10-18-34(38)36-26-32(21-23-40(36)50)31-20-22-39-37(27-31)35-24-25-45-28-41(35)49(39)33-16-8-3-9-17-33/h1-31H;1-29H;1-28H. The van der Waals surface area contributed by atoms with Gasteiger partial charge in [-0.3, -0.25) is 24.1 Å². The van der Waals surface area contributed by atoms with Gasteiger partial charge < -0.3 is 18.3 Å². The maximum atomic E-state index is 5.19. The molecule has 0 fully saturated rings. The number of para-hydroxylation sites is 5. The number of aromatic nitrogens is 14. The summed E-state index contributed by atoms with van der Waals surface area (Å²) < 4.78 is 13.7. The number of rotatable bonds is 15. The van der Waals surface area contributed by atoms with Gasteiger partial charge in [0.05, 0.1) is 96.2 Å². The maximum Gasteiger partial charge on any atom is 0.238 e. The molecule has 30 aromatic rings. The fourth-order valence-electron chi connectivity index (χ4n) is 22.1. The summed E-state index contributed by atoms with van der Waals surface area (Å²) in [5.41, 5.74) is 35.5. The second kappa shape index (κ2) is 37.0. The number of nitrogens with zero attached hydrogens (tertiary/aromatic N) is 14. The van der Waals surface area contributed by atoms with E-state index in [0.717, 1.165) is 150 Å². The molecule has 0 atom stereocenters. The van der Waals surface area contributed by atoms with Crippen molar-refractivity contribution in [2.24, 2.45) is 0 Å². The Morgan fingerprint density at radius 2 is 0.340 bits per heavy atom. The normalized spacial score (nSPS) is 11.6. The molecule has 0 N–H and O–H groups in total. The molecule has 702 valence electrons. The average molecular weight is 1920 g/mol. The lowest BCUT2D eigenvalue weighted by molar-refractivity contribution is 0.953. The highest BCUT2D eigenvalue weighted by atomic mass is 15.2. The van der Waals surface area contributed by atoms with E-state index < -0.39 is 0 Å². The third-order valence-electron chi connectivity index (χ3n) is 29.2. The predicted molar refractivity (Wildman–Crippen MR) is 617 cm³/mol. The van der Waals surface area contributed by atoms with Crippen LogP contribution in [0.4, 0.5) is 0 Å². The van der Waals surface area contributed by atoms with Crippen molar-refractivity contribution in [1.82, 2.24) is 67.3 Å². The molecule has 11 heterocycles. The second-order valence-electron chi connectivity index (χ2n) is 37.8. The van der Waals surface area contributed by atoms with Gasteiger partial charge in [-0.25, -0.2) is 15.0 Å². The first-order chi connectivity index (χ1) is 74.4. The highest BCUT2D eigenvalue weighted by molar-refractivity contribution is 6.17. The molecule has 14 nitrogen and oxygen atoms in total. The Balaban J connectivity index is 0.000000108. The van der Waals surface area contributed by atoms with Crippen LogP contribution in [0.1, 0.15) is 0 Å². The Bertz CT molecular complexity index is 9710. The van der Waals surface area contributed by atoms with Crippen molar-refractivity contribution in [3.8, 4) is 136 Å². The Hall–Kier alpha value is -20.5. The van der Waals surface area contributed by atoms with Crippen LogP contribution in [0.2, 0.25) is 0 Å². The van der Waals surface area contributed by atoms with E-state index in [1.54, 1.807) is 0 Å². The Labute approximate surface area is 862 Å². The number of fused-ring (bicyclic) bond motifs is 18. The number of hydrogen-bond acceptors (Lipinski definition) is 8. The van der Waals surface area contributed by atoms with Crippen molar-refractivity contribution in [3.63, 3.8) is 0 Å². The van der Waals surface area contributed by atoms with Crippen LogP contribution in [0, 0.1) is 0 Å². The van der Waals surface area contributed by atoms with Crippen molar-refractivity contribution in [2.75, 3.05) is 0 Å². The van der Waals surface area contributed by atoms with E-state index in [9.17, 15) is 0 Å². The van der Waals surface area contributed by atoms with Crippen LogP contribution in [-0.2, 0) is 0 Å². The van der Waals surface area contributed by atoms with Crippen molar-refractivity contribution >= 4 is 131 Å². The van der Waals surface area contributed by atoms with E-state index in [0.29, 0.717) is 23.5 Å². The Morgan fingerprint density at radius 3 is 0.647 bits per heavy atom. The van der Waals surface area contributed by atoms with Gasteiger partial charge in [0, 0.05) is 128 Å². The van der Waals surface area contributed by atoms with Gasteiger partial charge in [-0.2, -0.15) is 9.97 Å². The predicted octanol–water partition coefficient (Wildman–Crippen LogP) is 33.8. The molecule has 0 saturated carbocycles. The summed E-state index contributed by atoms with van der Waals surface area (Å²) in [6.07, 6.45) is 11.5. The monoisotopic (exact) mass is 1920 g/mol. The molecule has 30 rings (SSSR count). The van der Waals surface area contributed by atoms with Crippen LogP contribution in [0.3, 0.4) is 0 Å². The summed E-state index contributed by atoms with van der Waals surface area (Å²) in [5, 5.41) is 14.3. The van der Waals surface area contributed by atoms with E-state index in [-0.39, 0.29) is 0 Å². The average Bonchev–Trinajstić information content (AvgIpc) is 1.55. The zero-order valence-electron chi connectivity index (χ0n) is 81.1. The van der Waals surface area contributed by atoms with Crippen LogP contribution in [-0.4, -0.2) is 67.3 Å². The minimum absolute atomic E-state index is 0.584. The van der Waals surface area contributed by atoms with Gasteiger partial charge in [0.2, 0.25) is 11.9 Å². The van der Waals surface area contributed by atoms with Gasteiger partial charge in [0.15, 0.2) is 11.6 Å². The van der Waals surface area contributed by atoms with E-state index in [1.165, 1.54) is 93.0 Å². The molecule has 14 heteroatoms. The summed E-state index contributed by atoms with van der Waals surface area (Å²) in [5.74, 6) is 2.50. The quantitative estimate of drug-likeness (QED) is 0.0991. The molecule has 19 aromatic carbocycles. The lowest BCUT2D eigenvalue weighted by Gasteiger charge is -2.12. The highest BCUT2D eigenvalue weighted by Gasteiger charge is 2.26. The molecule has 11 aromatic heterocycles. The molecule has 150 heavy (non-hydrogen) atoms. The molecule has 0 aliphatic rings. The first-order valence-corrected chi connectivity index (χ1v) is 50.5. The molecule has 0 amide bonds. The van der Waals surface area contributed by atoms with E-state index in [1.807, 2.05) is 116 Å². The fourth-order valence-corrected chi connectivity index (χ4v) is 22.1.